The van der Waals surface area contributed by atoms with Gasteiger partial charge in [0.2, 0.25) is 0 Å². The molecule has 1 fully saturated rings. The average molecular weight is 354 g/mol. The van der Waals surface area contributed by atoms with Crippen molar-refractivity contribution in [2.75, 3.05) is 13.2 Å². The molecule has 1 aliphatic rings. The Morgan fingerprint density at radius 2 is 2.00 bits per heavy atom. The molecule has 0 saturated carbocycles. The molecule has 0 unspecified atom stereocenters. The van der Waals surface area contributed by atoms with Crippen molar-refractivity contribution in [2.45, 2.75) is 25.9 Å². The van der Waals surface area contributed by atoms with Gasteiger partial charge in [0.15, 0.2) is 0 Å². The highest BCUT2D eigenvalue weighted by Gasteiger charge is 2.19. The molecular weight excluding hydrogens is 332 g/mol. The number of furan rings is 1. The van der Waals surface area contributed by atoms with Crippen molar-refractivity contribution in [2.24, 2.45) is 0 Å². The number of aryl methyl sites for hydroxylation is 1. The summed E-state index contributed by atoms with van der Waals surface area (Å²) in [7, 11) is 0. The van der Waals surface area contributed by atoms with Crippen molar-refractivity contribution in [1.29, 1.82) is 0 Å². The van der Waals surface area contributed by atoms with E-state index in [4.69, 9.17) is 9.15 Å². The van der Waals surface area contributed by atoms with E-state index >= 15 is 0 Å². The van der Waals surface area contributed by atoms with Crippen LogP contribution in [0.2, 0.25) is 0 Å². The molecule has 0 spiro atoms. The Hall–Kier alpha value is -2.86. The quantitative estimate of drug-likeness (QED) is 0.782. The van der Waals surface area contributed by atoms with E-state index in [9.17, 15) is 9.59 Å². The minimum absolute atomic E-state index is 0.0240. The molecule has 136 valence electrons. The highest BCUT2D eigenvalue weighted by atomic mass is 16.5. The fraction of sp³-hybridized carbons (Fsp3) is 0.300. The molecule has 2 amide bonds. The number of ether oxygens (including phenoxy) is 1. The van der Waals surface area contributed by atoms with Crippen LogP contribution in [0.1, 0.15) is 34.7 Å². The summed E-state index contributed by atoms with van der Waals surface area (Å²) in [4.78, 5) is 25.0. The van der Waals surface area contributed by atoms with Crippen LogP contribution in [-0.2, 0) is 9.53 Å². The van der Waals surface area contributed by atoms with Crippen LogP contribution in [0.5, 0.6) is 0 Å². The summed E-state index contributed by atoms with van der Waals surface area (Å²) < 4.78 is 11.0. The number of carbonyl (C=O) groups excluding carboxylic acids is 2. The summed E-state index contributed by atoms with van der Waals surface area (Å²) in [6, 6.07) is 12.3. The van der Waals surface area contributed by atoms with Gasteiger partial charge in [-0.15, -0.1) is 0 Å². The van der Waals surface area contributed by atoms with Crippen molar-refractivity contribution in [3.63, 3.8) is 0 Å². The summed E-state index contributed by atoms with van der Waals surface area (Å²) >= 11 is 0. The Labute approximate surface area is 152 Å². The van der Waals surface area contributed by atoms with E-state index in [-0.39, 0.29) is 23.6 Å². The minimum atomic E-state index is -0.376. The molecule has 2 heterocycles. The summed E-state index contributed by atoms with van der Waals surface area (Å²) in [5.74, 6) is 0.495. The first-order chi connectivity index (χ1) is 12.6. The zero-order valence-electron chi connectivity index (χ0n) is 14.7. The highest BCUT2D eigenvalue weighted by Crippen LogP contribution is 2.13. The van der Waals surface area contributed by atoms with Crippen LogP contribution in [0, 0.1) is 6.92 Å². The molecule has 1 aromatic heterocycles. The third kappa shape index (κ3) is 4.83. The predicted octanol–water partition coefficient (Wildman–Crippen LogP) is 2.65. The van der Waals surface area contributed by atoms with Crippen LogP contribution >= 0.6 is 0 Å². The fourth-order valence-electron chi connectivity index (χ4n) is 2.72. The Morgan fingerprint density at radius 3 is 2.65 bits per heavy atom. The summed E-state index contributed by atoms with van der Waals surface area (Å²) in [6.07, 6.45) is 3.47. The lowest BCUT2D eigenvalue weighted by molar-refractivity contribution is -0.118. The number of nitrogens with one attached hydrogen (secondary N) is 2. The van der Waals surface area contributed by atoms with Crippen LogP contribution in [0.25, 0.3) is 6.08 Å². The summed E-state index contributed by atoms with van der Waals surface area (Å²) in [6.45, 7) is 2.95. The third-order valence-electron chi connectivity index (χ3n) is 4.09. The molecule has 0 bridgehead atoms. The molecule has 6 nitrogen and oxygen atoms in total. The molecule has 1 atom stereocenters. The van der Waals surface area contributed by atoms with E-state index in [2.05, 4.69) is 10.6 Å². The number of amides is 2. The molecule has 6 heteroatoms. The van der Waals surface area contributed by atoms with E-state index in [0.717, 1.165) is 25.2 Å². The van der Waals surface area contributed by atoms with Gasteiger partial charge in [-0.25, -0.2) is 0 Å². The normalized spacial score (nSPS) is 17.1. The first kappa shape index (κ1) is 17.9. The molecule has 1 saturated heterocycles. The van der Waals surface area contributed by atoms with Crippen molar-refractivity contribution in [1.82, 2.24) is 10.6 Å². The monoisotopic (exact) mass is 354 g/mol. The molecular formula is C20H22N2O4. The Balaban J connectivity index is 1.73. The SMILES string of the molecule is Cc1ccc(/C=C(\NC(=O)c2ccccc2)C(=O)NC[C@@H]2CCCO2)o1. The number of hydrogen-bond acceptors (Lipinski definition) is 4. The van der Waals surface area contributed by atoms with Gasteiger partial charge in [0.25, 0.3) is 11.8 Å². The Morgan fingerprint density at radius 1 is 1.19 bits per heavy atom. The number of benzene rings is 1. The average Bonchev–Trinajstić information content (AvgIpc) is 3.31. The first-order valence-corrected chi connectivity index (χ1v) is 8.66. The maximum absolute atomic E-state index is 12.6. The highest BCUT2D eigenvalue weighted by molar-refractivity contribution is 6.05. The molecule has 2 aromatic rings. The van der Waals surface area contributed by atoms with E-state index in [1.54, 1.807) is 36.4 Å². The lowest BCUT2D eigenvalue weighted by atomic mass is 10.2. The van der Waals surface area contributed by atoms with Crippen LogP contribution in [0.3, 0.4) is 0 Å². The van der Waals surface area contributed by atoms with Gasteiger partial charge >= 0.3 is 0 Å². The van der Waals surface area contributed by atoms with Crippen molar-refractivity contribution in [3.8, 4) is 0 Å². The van der Waals surface area contributed by atoms with Gasteiger partial charge < -0.3 is 19.8 Å². The maximum Gasteiger partial charge on any atom is 0.268 e. The van der Waals surface area contributed by atoms with Gasteiger partial charge in [0.1, 0.15) is 17.2 Å². The molecule has 0 aliphatic carbocycles. The predicted molar refractivity (Wildman–Crippen MR) is 97.3 cm³/mol. The standard InChI is InChI=1S/C20H22N2O4/c1-14-9-10-16(26-14)12-18(20(24)21-13-17-8-5-11-25-17)22-19(23)15-6-3-2-4-7-15/h2-4,6-7,9-10,12,17H,5,8,11,13H2,1H3,(H,21,24)(H,22,23)/b18-12-/t17-/m0/s1. The van der Waals surface area contributed by atoms with Crippen molar-refractivity contribution in [3.05, 3.63) is 65.2 Å². The van der Waals surface area contributed by atoms with E-state index in [1.165, 1.54) is 6.08 Å². The molecule has 1 aliphatic heterocycles. The minimum Gasteiger partial charge on any atom is -0.462 e. The second-order valence-electron chi connectivity index (χ2n) is 6.17. The maximum atomic E-state index is 12.6. The number of hydrogen-bond donors (Lipinski definition) is 2. The second-order valence-corrected chi connectivity index (χ2v) is 6.17. The zero-order chi connectivity index (χ0) is 18.4. The zero-order valence-corrected chi connectivity index (χ0v) is 14.7. The topological polar surface area (TPSA) is 80.6 Å². The Kier molecular flexibility index (Phi) is 5.86. The summed E-state index contributed by atoms with van der Waals surface area (Å²) in [5, 5.41) is 5.50. The van der Waals surface area contributed by atoms with Gasteiger partial charge in [-0.1, -0.05) is 18.2 Å². The van der Waals surface area contributed by atoms with Crippen LogP contribution in [0.4, 0.5) is 0 Å². The Bertz CT molecular complexity index is 789. The van der Waals surface area contributed by atoms with E-state index in [0.29, 0.717) is 17.9 Å². The lowest BCUT2D eigenvalue weighted by Gasteiger charge is -2.13. The van der Waals surface area contributed by atoms with Gasteiger partial charge in [-0.05, 0) is 44.0 Å². The van der Waals surface area contributed by atoms with E-state index in [1.807, 2.05) is 13.0 Å². The van der Waals surface area contributed by atoms with Crippen LogP contribution in [0.15, 0.2) is 52.6 Å². The molecule has 26 heavy (non-hydrogen) atoms. The van der Waals surface area contributed by atoms with E-state index < -0.39 is 0 Å². The van der Waals surface area contributed by atoms with Crippen LogP contribution in [-0.4, -0.2) is 31.1 Å². The number of carbonyl (C=O) groups is 2. The smallest absolute Gasteiger partial charge is 0.268 e. The van der Waals surface area contributed by atoms with Gasteiger partial charge in [-0.2, -0.15) is 0 Å². The van der Waals surface area contributed by atoms with Gasteiger partial charge in [-0.3, -0.25) is 9.59 Å². The lowest BCUT2D eigenvalue weighted by Crippen LogP contribution is -2.38. The first-order valence-electron chi connectivity index (χ1n) is 8.66. The molecule has 2 N–H and O–H groups in total. The fourth-order valence-corrected chi connectivity index (χ4v) is 2.72. The van der Waals surface area contributed by atoms with Crippen molar-refractivity contribution >= 4 is 17.9 Å². The molecule has 3 rings (SSSR count). The largest absolute Gasteiger partial charge is 0.462 e. The van der Waals surface area contributed by atoms with Gasteiger partial charge in [0.05, 0.1) is 6.10 Å². The van der Waals surface area contributed by atoms with Crippen molar-refractivity contribution < 1.29 is 18.7 Å². The third-order valence-corrected chi connectivity index (χ3v) is 4.09. The van der Waals surface area contributed by atoms with Gasteiger partial charge in [0, 0.05) is 24.8 Å². The van der Waals surface area contributed by atoms with Crippen LogP contribution < -0.4 is 10.6 Å². The molecule has 1 aromatic carbocycles. The second kappa shape index (κ2) is 8.49. The molecule has 0 radical (unpaired) electrons. The number of rotatable bonds is 6. The summed E-state index contributed by atoms with van der Waals surface area (Å²) in [5.41, 5.74) is 0.604.